The summed E-state index contributed by atoms with van der Waals surface area (Å²) in [5, 5.41) is 27.2. The lowest BCUT2D eigenvalue weighted by Gasteiger charge is -2.17. The van der Waals surface area contributed by atoms with E-state index < -0.39 is 43.7 Å². The van der Waals surface area contributed by atoms with Gasteiger partial charge in [0.1, 0.15) is 4.90 Å². The second kappa shape index (κ2) is 5.71. The molecular weight excluding hydrogens is 345 g/mol. The standard InChI is InChI=1S/C11H11Cl2NO6S/c12-5-1-2-8(10(13)9(5)11(17)18)21(19,20)14-3-6(15)7(16)4-14/h1-2,6-7,15-16H,3-4H2,(H,17,18). The zero-order valence-corrected chi connectivity index (χ0v) is 12.7. The average Bonchev–Trinajstić information content (AvgIpc) is 2.69. The van der Waals surface area contributed by atoms with Gasteiger partial charge >= 0.3 is 5.97 Å². The number of carboxylic acids is 1. The second-order valence-electron chi connectivity index (χ2n) is 4.50. The molecule has 1 heterocycles. The zero-order chi connectivity index (χ0) is 15.9. The minimum Gasteiger partial charge on any atom is -0.478 e. The van der Waals surface area contributed by atoms with Crippen LogP contribution in [-0.4, -0.2) is 59.3 Å². The van der Waals surface area contributed by atoms with Gasteiger partial charge in [0, 0.05) is 13.1 Å². The largest absolute Gasteiger partial charge is 0.478 e. The van der Waals surface area contributed by atoms with Gasteiger partial charge in [0.15, 0.2) is 0 Å². The predicted molar refractivity (Wildman–Crippen MR) is 74.2 cm³/mol. The van der Waals surface area contributed by atoms with Crippen LogP contribution in [0.5, 0.6) is 0 Å². The molecule has 1 aromatic carbocycles. The van der Waals surface area contributed by atoms with Crippen LogP contribution < -0.4 is 0 Å². The maximum absolute atomic E-state index is 12.4. The van der Waals surface area contributed by atoms with E-state index in [4.69, 9.17) is 28.3 Å². The van der Waals surface area contributed by atoms with E-state index in [1.807, 2.05) is 0 Å². The molecule has 0 amide bonds. The predicted octanol–water partition coefficient (Wildman–Crippen LogP) is 0.418. The van der Waals surface area contributed by atoms with Crippen LogP contribution in [0.3, 0.4) is 0 Å². The van der Waals surface area contributed by atoms with Crippen molar-refractivity contribution >= 4 is 39.2 Å². The molecule has 0 aliphatic carbocycles. The normalized spacial score (nSPS) is 23.4. The highest BCUT2D eigenvalue weighted by Crippen LogP contribution is 2.33. The molecule has 2 rings (SSSR count). The van der Waals surface area contributed by atoms with Crippen LogP contribution in [0.25, 0.3) is 0 Å². The van der Waals surface area contributed by atoms with Gasteiger partial charge in [0.25, 0.3) is 0 Å². The number of halogens is 2. The van der Waals surface area contributed by atoms with Crippen molar-refractivity contribution in [1.82, 2.24) is 4.31 Å². The molecule has 0 radical (unpaired) electrons. The number of hydrogen-bond acceptors (Lipinski definition) is 5. The Morgan fingerprint density at radius 1 is 1.19 bits per heavy atom. The number of aliphatic hydroxyl groups is 2. The van der Waals surface area contributed by atoms with E-state index >= 15 is 0 Å². The fraction of sp³-hybridized carbons (Fsp3) is 0.364. The van der Waals surface area contributed by atoms with Crippen LogP contribution >= 0.6 is 23.2 Å². The molecule has 2 atom stereocenters. The summed E-state index contributed by atoms with van der Waals surface area (Å²) in [6, 6.07) is 2.20. The Labute approximate surface area is 130 Å². The molecule has 3 N–H and O–H groups in total. The van der Waals surface area contributed by atoms with Crippen LogP contribution in [0.2, 0.25) is 10.0 Å². The van der Waals surface area contributed by atoms with Gasteiger partial charge in [-0.3, -0.25) is 0 Å². The van der Waals surface area contributed by atoms with Gasteiger partial charge in [0.2, 0.25) is 10.0 Å². The Morgan fingerprint density at radius 3 is 2.19 bits per heavy atom. The van der Waals surface area contributed by atoms with Crippen molar-refractivity contribution in [1.29, 1.82) is 0 Å². The van der Waals surface area contributed by atoms with Gasteiger partial charge in [-0.2, -0.15) is 4.31 Å². The molecule has 0 saturated carbocycles. The minimum absolute atomic E-state index is 0.187. The van der Waals surface area contributed by atoms with Gasteiger partial charge in [-0.05, 0) is 12.1 Å². The highest BCUT2D eigenvalue weighted by Gasteiger charge is 2.39. The van der Waals surface area contributed by atoms with E-state index in [-0.39, 0.29) is 18.1 Å². The Kier molecular flexibility index (Phi) is 4.48. The third-order valence-electron chi connectivity index (χ3n) is 3.11. The lowest BCUT2D eigenvalue weighted by atomic mass is 10.2. The number of aromatic carboxylic acids is 1. The summed E-state index contributed by atoms with van der Waals surface area (Å²) in [7, 11) is -4.15. The van der Waals surface area contributed by atoms with Gasteiger partial charge in [-0.1, -0.05) is 23.2 Å². The van der Waals surface area contributed by atoms with Crippen molar-refractivity contribution in [3.63, 3.8) is 0 Å². The van der Waals surface area contributed by atoms with Crippen molar-refractivity contribution < 1.29 is 28.5 Å². The molecule has 0 bridgehead atoms. The average molecular weight is 356 g/mol. The number of β-amino-alcohol motifs (C(OH)–C–C–N with tert-alkyl or cyclic N) is 2. The number of sulfonamides is 1. The van der Waals surface area contributed by atoms with Crippen LogP contribution in [0.1, 0.15) is 10.4 Å². The van der Waals surface area contributed by atoms with Crippen LogP contribution in [0, 0.1) is 0 Å². The first-order chi connectivity index (χ1) is 9.66. The number of aliphatic hydroxyl groups excluding tert-OH is 2. The van der Waals surface area contributed by atoms with Crippen molar-refractivity contribution in [3.05, 3.63) is 27.7 Å². The summed E-state index contributed by atoms with van der Waals surface area (Å²) in [6.45, 7) is -0.601. The minimum atomic E-state index is -4.15. The van der Waals surface area contributed by atoms with Crippen molar-refractivity contribution in [2.45, 2.75) is 17.1 Å². The lowest BCUT2D eigenvalue weighted by molar-refractivity contribution is 0.0572. The molecule has 10 heteroatoms. The summed E-state index contributed by atoms with van der Waals surface area (Å²) in [6.07, 6.45) is -2.41. The number of nitrogens with zero attached hydrogens (tertiary/aromatic N) is 1. The fourth-order valence-corrected chi connectivity index (χ4v) is 4.37. The van der Waals surface area contributed by atoms with Crippen LogP contribution in [-0.2, 0) is 10.0 Å². The summed E-state index contributed by atoms with van der Waals surface area (Å²) in [5.74, 6) is -1.46. The molecule has 1 aromatic rings. The van der Waals surface area contributed by atoms with Crippen LogP contribution in [0.15, 0.2) is 17.0 Å². The second-order valence-corrected chi connectivity index (χ2v) is 7.19. The van der Waals surface area contributed by atoms with E-state index in [0.717, 1.165) is 16.4 Å². The lowest BCUT2D eigenvalue weighted by Crippen LogP contribution is -2.30. The smallest absolute Gasteiger partial charge is 0.338 e. The number of carboxylic acid groups (broad SMARTS) is 1. The van der Waals surface area contributed by atoms with E-state index in [1.165, 1.54) is 0 Å². The summed E-state index contributed by atoms with van der Waals surface area (Å²) >= 11 is 11.5. The summed E-state index contributed by atoms with van der Waals surface area (Å²) < 4.78 is 25.7. The molecule has 7 nitrogen and oxygen atoms in total. The highest BCUT2D eigenvalue weighted by atomic mass is 35.5. The third kappa shape index (κ3) is 2.87. The molecule has 116 valence electrons. The molecule has 2 unspecified atom stereocenters. The SMILES string of the molecule is O=C(O)c1c(Cl)ccc(S(=O)(=O)N2CC(O)C(O)C2)c1Cl. The molecule has 0 spiro atoms. The Morgan fingerprint density at radius 2 is 1.71 bits per heavy atom. The molecule has 21 heavy (non-hydrogen) atoms. The van der Waals surface area contributed by atoms with Crippen molar-refractivity contribution in [2.75, 3.05) is 13.1 Å². The number of rotatable bonds is 3. The number of hydrogen-bond donors (Lipinski definition) is 3. The summed E-state index contributed by atoms with van der Waals surface area (Å²) in [4.78, 5) is 10.7. The molecule has 1 fully saturated rings. The molecule has 1 saturated heterocycles. The Balaban J connectivity index is 2.52. The molecule has 0 aromatic heterocycles. The van der Waals surface area contributed by atoms with Gasteiger partial charge in [0.05, 0.1) is 27.8 Å². The quantitative estimate of drug-likeness (QED) is 0.723. The van der Waals surface area contributed by atoms with Crippen LogP contribution in [0.4, 0.5) is 0 Å². The number of benzene rings is 1. The van der Waals surface area contributed by atoms with E-state index in [1.54, 1.807) is 0 Å². The first kappa shape index (κ1) is 16.5. The monoisotopic (exact) mass is 355 g/mol. The summed E-state index contributed by atoms with van der Waals surface area (Å²) in [5.41, 5.74) is -0.514. The number of carbonyl (C=O) groups is 1. The molecule has 1 aliphatic heterocycles. The highest BCUT2D eigenvalue weighted by molar-refractivity contribution is 7.89. The maximum Gasteiger partial charge on any atom is 0.338 e. The van der Waals surface area contributed by atoms with Gasteiger partial charge < -0.3 is 15.3 Å². The van der Waals surface area contributed by atoms with E-state index in [0.29, 0.717) is 0 Å². The van der Waals surface area contributed by atoms with E-state index in [2.05, 4.69) is 0 Å². The Bertz CT molecular complexity index is 682. The first-order valence-corrected chi connectivity index (χ1v) is 7.93. The Hall–Kier alpha value is -0.900. The van der Waals surface area contributed by atoms with E-state index in [9.17, 15) is 23.4 Å². The van der Waals surface area contributed by atoms with Crippen molar-refractivity contribution in [3.8, 4) is 0 Å². The zero-order valence-electron chi connectivity index (χ0n) is 10.4. The third-order valence-corrected chi connectivity index (χ3v) is 5.81. The molecular formula is C11H11Cl2NO6S. The van der Waals surface area contributed by atoms with Crippen molar-refractivity contribution in [2.24, 2.45) is 0 Å². The molecule has 1 aliphatic rings. The fourth-order valence-electron chi connectivity index (χ4n) is 2.00. The van der Waals surface area contributed by atoms with Gasteiger partial charge in [-0.15, -0.1) is 0 Å². The first-order valence-electron chi connectivity index (χ1n) is 5.74. The van der Waals surface area contributed by atoms with Gasteiger partial charge in [-0.25, -0.2) is 13.2 Å². The maximum atomic E-state index is 12.4. The topological polar surface area (TPSA) is 115 Å².